The summed E-state index contributed by atoms with van der Waals surface area (Å²) in [5.41, 5.74) is 2.09. The smallest absolute Gasteiger partial charge is 0.170 e. The maximum Gasteiger partial charge on any atom is 0.170 e. The lowest BCUT2D eigenvalue weighted by Crippen LogP contribution is -2.27. The fraction of sp³-hybridized carbons (Fsp3) is 0.231. The summed E-state index contributed by atoms with van der Waals surface area (Å²) in [4.78, 5) is 0. The summed E-state index contributed by atoms with van der Waals surface area (Å²) in [5, 5.41) is 11.6. The molecular weight excluding hydrogens is 280 g/mol. The van der Waals surface area contributed by atoms with E-state index in [-0.39, 0.29) is 0 Å². The number of aromatic nitrogens is 2. The molecule has 0 aliphatic carbocycles. The van der Waals surface area contributed by atoms with Crippen LogP contribution in [0.4, 0.5) is 5.69 Å². The number of rotatable bonds is 4. The van der Waals surface area contributed by atoms with Crippen LogP contribution in [0.3, 0.4) is 0 Å². The third-order valence-corrected chi connectivity index (χ3v) is 2.91. The topological polar surface area (TPSA) is 41.9 Å². The third kappa shape index (κ3) is 4.22. The molecule has 4 nitrogen and oxygen atoms in total. The van der Waals surface area contributed by atoms with Crippen LogP contribution in [0.15, 0.2) is 36.7 Å². The van der Waals surface area contributed by atoms with Crippen molar-refractivity contribution in [3.05, 3.63) is 47.2 Å². The Morgan fingerprint density at radius 3 is 3.00 bits per heavy atom. The summed E-state index contributed by atoms with van der Waals surface area (Å²) in [5.74, 6) is 0. The Hall–Kier alpha value is -1.59. The van der Waals surface area contributed by atoms with E-state index in [1.807, 2.05) is 31.2 Å². The molecule has 100 valence electrons. The molecular formula is C13H15ClN4S. The number of thiocarbonyl (C=S) groups is 1. The number of halogens is 1. The largest absolute Gasteiger partial charge is 0.363 e. The summed E-state index contributed by atoms with van der Waals surface area (Å²) < 4.78 is 1.80. The number of benzene rings is 1. The number of nitrogens with zero attached hydrogens (tertiary/aromatic N) is 2. The molecule has 0 fully saturated rings. The van der Waals surface area contributed by atoms with Gasteiger partial charge in [-0.1, -0.05) is 23.7 Å². The van der Waals surface area contributed by atoms with Gasteiger partial charge in [-0.15, -0.1) is 0 Å². The van der Waals surface area contributed by atoms with Crippen LogP contribution in [0, 0.1) is 0 Å². The minimum atomic E-state index is 0.627. The summed E-state index contributed by atoms with van der Waals surface area (Å²) in [6, 6.07) is 8.04. The zero-order valence-electron chi connectivity index (χ0n) is 10.6. The minimum Gasteiger partial charge on any atom is -0.363 e. The van der Waals surface area contributed by atoms with Crippen molar-refractivity contribution in [3.8, 4) is 0 Å². The molecule has 0 spiro atoms. The van der Waals surface area contributed by atoms with E-state index in [0.717, 1.165) is 17.8 Å². The van der Waals surface area contributed by atoms with E-state index >= 15 is 0 Å². The van der Waals surface area contributed by atoms with Gasteiger partial charge in [0.15, 0.2) is 5.11 Å². The molecule has 0 unspecified atom stereocenters. The van der Waals surface area contributed by atoms with Gasteiger partial charge in [0, 0.05) is 18.4 Å². The fourth-order valence-corrected chi connectivity index (χ4v) is 2.11. The molecule has 6 heteroatoms. The van der Waals surface area contributed by atoms with Crippen LogP contribution >= 0.6 is 23.8 Å². The second-order valence-electron chi connectivity index (χ2n) is 4.04. The Labute approximate surface area is 122 Å². The van der Waals surface area contributed by atoms with Crippen LogP contribution in [0.25, 0.3) is 0 Å². The highest BCUT2D eigenvalue weighted by atomic mass is 35.5. The maximum absolute atomic E-state index is 5.84. The number of hydrogen-bond acceptors (Lipinski definition) is 2. The Morgan fingerprint density at radius 1 is 1.47 bits per heavy atom. The summed E-state index contributed by atoms with van der Waals surface area (Å²) in [7, 11) is 0. The first-order valence-corrected chi connectivity index (χ1v) is 6.77. The molecule has 0 saturated carbocycles. The quantitative estimate of drug-likeness (QED) is 0.851. The molecule has 2 aromatic rings. The summed E-state index contributed by atoms with van der Waals surface area (Å²) in [6.45, 7) is 3.49. The molecule has 1 heterocycles. The molecule has 1 aromatic heterocycles. The van der Waals surface area contributed by atoms with Gasteiger partial charge in [0.1, 0.15) is 0 Å². The minimum absolute atomic E-state index is 0.627. The molecule has 0 bridgehead atoms. The molecule has 0 saturated heterocycles. The van der Waals surface area contributed by atoms with Crippen molar-refractivity contribution in [1.82, 2.24) is 15.1 Å². The Morgan fingerprint density at radius 2 is 2.32 bits per heavy atom. The molecule has 2 rings (SSSR count). The standard InChI is InChI=1S/C13H15ClN4S/c1-2-15-13(19)17-12-5-3-4-10(6-12)8-18-9-11(14)7-16-18/h3-7,9H,2,8H2,1H3,(H2,15,17,19). The lowest BCUT2D eigenvalue weighted by Gasteiger charge is -2.10. The van der Waals surface area contributed by atoms with Gasteiger partial charge in [0.05, 0.1) is 17.8 Å². The first-order chi connectivity index (χ1) is 9.17. The molecule has 0 aliphatic heterocycles. The van der Waals surface area contributed by atoms with Crippen molar-refractivity contribution in [2.45, 2.75) is 13.5 Å². The second kappa shape index (κ2) is 6.54. The SMILES string of the molecule is CCNC(=S)Nc1cccc(Cn2cc(Cl)cn2)c1. The Bertz CT molecular complexity index is 567. The maximum atomic E-state index is 5.84. The number of nitrogens with one attached hydrogen (secondary N) is 2. The third-order valence-electron chi connectivity index (χ3n) is 2.47. The van der Waals surface area contributed by atoms with E-state index in [1.165, 1.54) is 0 Å². The lowest BCUT2D eigenvalue weighted by atomic mass is 10.2. The average Bonchev–Trinajstić information content (AvgIpc) is 2.75. The highest BCUT2D eigenvalue weighted by Crippen LogP contribution is 2.13. The average molecular weight is 295 g/mol. The predicted octanol–water partition coefficient (Wildman–Crippen LogP) is 2.89. The van der Waals surface area contributed by atoms with Gasteiger partial charge in [-0.2, -0.15) is 5.10 Å². The summed E-state index contributed by atoms with van der Waals surface area (Å²) in [6.07, 6.45) is 3.43. The van der Waals surface area contributed by atoms with E-state index in [2.05, 4.69) is 15.7 Å². The highest BCUT2D eigenvalue weighted by Gasteiger charge is 2.01. The van der Waals surface area contributed by atoms with Gasteiger partial charge < -0.3 is 10.6 Å². The lowest BCUT2D eigenvalue weighted by molar-refractivity contribution is 0.687. The van der Waals surface area contributed by atoms with E-state index in [1.54, 1.807) is 17.1 Å². The van der Waals surface area contributed by atoms with E-state index < -0.39 is 0 Å². The van der Waals surface area contributed by atoms with Crippen LogP contribution in [0.1, 0.15) is 12.5 Å². The first kappa shape index (κ1) is 13.8. The van der Waals surface area contributed by atoms with Crippen LogP contribution in [-0.2, 0) is 6.54 Å². The van der Waals surface area contributed by atoms with Crippen molar-refractivity contribution >= 4 is 34.6 Å². The van der Waals surface area contributed by atoms with Crippen LogP contribution in [-0.4, -0.2) is 21.4 Å². The van der Waals surface area contributed by atoms with Gasteiger partial charge in [-0.05, 0) is 36.8 Å². The zero-order chi connectivity index (χ0) is 13.7. The summed E-state index contributed by atoms with van der Waals surface area (Å²) >= 11 is 11.0. The normalized spacial score (nSPS) is 10.2. The second-order valence-corrected chi connectivity index (χ2v) is 4.89. The van der Waals surface area contributed by atoms with Gasteiger partial charge in [0.25, 0.3) is 0 Å². The number of anilines is 1. The zero-order valence-corrected chi connectivity index (χ0v) is 12.1. The van der Waals surface area contributed by atoms with Gasteiger partial charge in [-0.25, -0.2) is 0 Å². The van der Waals surface area contributed by atoms with Gasteiger partial charge >= 0.3 is 0 Å². The van der Waals surface area contributed by atoms with Crippen molar-refractivity contribution in [1.29, 1.82) is 0 Å². The molecule has 0 radical (unpaired) electrons. The molecule has 0 amide bonds. The van der Waals surface area contributed by atoms with Crippen LogP contribution in [0.5, 0.6) is 0 Å². The van der Waals surface area contributed by atoms with E-state index in [4.69, 9.17) is 23.8 Å². The van der Waals surface area contributed by atoms with E-state index in [9.17, 15) is 0 Å². The van der Waals surface area contributed by atoms with Gasteiger partial charge in [-0.3, -0.25) is 4.68 Å². The molecule has 0 aliphatic rings. The van der Waals surface area contributed by atoms with Crippen molar-refractivity contribution in [2.75, 3.05) is 11.9 Å². The van der Waals surface area contributed by atoms with Crippen LogP contribution < -0.4 is 10.6 Å². The Kier molecular flexibility index (Phi) is 4.76. The number of hydrogen-bond donors (Lipinski definition) is 2. The highest BCUT2D eigenvalue weighted by molar-refractivity contribution is 7.80. The monoisotopic (exact) mass is 294 g/mol. The van der Waals surface area contributed by atoms with E-state index in [0.29, 0.717) is 16.7 Å². The molecule has 0 atom stereocenters. The van der Waals surface area contributed by atoms with Crippen molar-refractivity contribution in [2.24, 2.45) is 0 Å². The molecule has 1 aromatic carbocycles. The Balaban J connectivity index is 2.04. The first-order valence-electron chi connectivity index (χ1n) is 5.99. The van der Waals surface area contributed by atoms with Crippen molar-refractivity contribution < 1.29 is 0 Å². The van der Waals surface area contributed by atoms with Gasteiger partial charge in [0.2, 0.25) is 0 Å². The molecule has 2 N–H and O–H groups in total. The van der Waals surface area contributed by atoms with Crippen LogP contribution in [0.2, 0.25) is 5.02 Å². The van der Waals surface area contributed by atoms with Crippen molar-refractivity contribution in [3.63, 3.8) is 0 Å². The molecule has 19 heavy (non-hydrogen) atoms. The predicted molar refractivity (Wildman–Crippen MR) is 82.7 cm³/mol. The fourth-order valence-electron chi connectivity index (χ4n) is 1.70.